The minimum absolute atomic E-state index is 0.462. The fourth-order valence-corrected chi connectivity index (χ4v) is 2.67. The number of nitrogens with zero attached hydrogens (tertiary/aromatic N) is 1. The van der Waals surface area contributed by atoms with Crippen LogP contribution in [0.3, 0.4) is 0 Å². The summed E-state index contributed by atoms with van der Waals surface area (Å²) in [5, 5.41) is 3.01. The van der Waals surface area contributed by atoms with Gasteiger partial charge in [-0.05, 0) is 12.5 Å². The first-order valence-electron chi connectivity index (χ1n) is 5.51. The molecule has 1 aromatic carbocycles. The second-order valence-electron chi connectivity index (χ2n) is 3.57. The van der Waals surface area contributed by atoms with E-state index in [1.165, 1.54) is 5.56 Å². The highest BCUT2D eigenvalue weighted by Crippen LogP contribution is 2.27. The van der Waals surface area contributed by atoms with Gasteiger partial charge in [0.1, 0.15) is 5.01 Å². The number of hydrogen-bond acceptors (Lipinski definition) is 3. The average Bonchev–Trinajstić information content (AvgIpc) is 2.85. The van der Waals surface area contributed by atoms with Crippen LogP contribution in [0.1, 0.15) is 18.2 Å². The van der Waals surface area contributed by atoms with E-state index in [1.54, 1.807) is 11.3 Å². The van der Waals surface area contributed by atoms with Gasteiger partial charge < -0.3 is 4.74 Å². The molecule has 0 atom stereocenters. The number of halogens is 1. The highest BCUT2D eigenvalue weighted by molar-refractivity contribution is 7.13. The van der Waals surface area contributed by atoms with Crippen molar-refractivity contribution >= 4 is 22.9 Å². The van der Waals surface area contributed by atoms with Crippen LogP contribution in [0.2, 0.25) is 0 Å². The van der Waals surface area contributed by atoms with Gasteiger partial charge in [-0.2, -0.15) is 0 Å². The Morgan fingerprint density at radius 2 is 2.18 bits per heavy atom. The van der Waals surface area contributed by atoms with Crippen LogP contribution in [0, 0.1) is 0 Å². The molecule has 17 heavy (non-hydrogen) atoms. The van der Waals surface area contributed by atoms with Gasteiger partial charge in [-0.1, -0.05) is 24.3 Å². The SMILES string of the molecule is CCOCc1ccccc1-c1nc(CCl)cs1. The molecule has 0 aliphatic carbocycles. The zero-order valence-electron chi connectivity index (χ0n) is 9.65. The Labute approximate surface area is 110 Å². The van der Waals surface area contributed by atoms with Gasteiger partial charge in [0.15, 0.2) is 0 Å². The Morgan fingerprint density at radius 3 is 2.88 bits per heavy atom. The molecular weight excluding hydrogens is 254 g/mol. The van der Waals surface area contributed by atoms with Crippen molar-refractivity contribution in [2.75, 3.05) is 6.61 Å². The second-order valence-corrected chi connectivity index (χ2v) is 4.70. The van der Waals surface area contributed by atoms with Crippen molar-refractivity contribution in [1.82, 2.24) is 4.98 Å². The van der Waals surface area contributed by atoms with E-state index in [-0.39, 0.29) is 0 Å². The largest absolute Gasteiger partial charge is 0.377 e. The predicted octanol–water partition coefficient (Wildman–Crippen LogP) is 4.09. The molecule has 2 nitrogen and oxygen atoms in total. The molecule has 0 saturated carbocycles. The number of rotatable bonds is 5. The van der Waals surface area contributed by atoms with Gasteiger partial charge in [0.05, 0.1) is 18.2 Å². The molecule has 0 spiro atoms. The third-order valence-corrected chi connectivity index (χ3v) is 3.60. The van der Waals surface area contributed by atoms with Crippen LogP contribution < -0.4 is 0 Å². The Bertz CT molecular complexity index is 484. The highest BCUT2D eigenvalue weighted by atomic mass is 35.5. The van der Waals surface area contributed by atoms with Crippen molar-refractivity contribution in [1.29, 1.82) is 0 Å². The molecule has 0 bridgehead atoms. The molecule has 0 aliphatic heterocycles. The minimum atomic E-state index is 0.462. The summed E-state index contributed by atoms with van der Waals surface area (Å²) in [4.78, 5) is 4.50. The number of ether oxygens (including phenoxy) is 1. The maximum atomic E-state index is 5.77. The number of benzene rings is 1. The Morgan fingerprint density at radius 1 is 1.35 bits per heavy atom. The van der Waals surface area contributed by atoms with E-state index in [1.807, 2.05) is 24.4 Å². The van der Waals surface area contributed by atoms with E-state index in [0.717, 1.165) is 22.9 Å². The lowest BCUT2D eigenvalue weighted by Crippen LogP contribution is -1.94. The normalized spacial score (nSPS) is 10.7. The third-order valence-electron chi connectivity index (χ3n) is 2.40. The zero-order chi connectivity index (χ0) is 12.1. The van der Waals surface area contributed by atoms with Crippen LogP contribution in [0.25, 0.3) is 10.6 Å². The Kier molecular flexibility index (Phi) is 4.54. The monoisotopic (exact) mass is 267 g/mol. The summed E-state index contributed by atoms with van der Waals surface area (Å²) in [5.41, 5.74) is 3.24. The van der Waals surface area contributed by atoms with Crippen LogP contribution >= 0.6 is 22.9 Å². The predicted molar refractivity (Wildman–Crippen MR) is 72.4 cm³/mol. The summed E-state index contributed by atoms with van der Waals surface area (Å²) in [6.07, 6.45) is 0. The fraction of sp³-hybridized carbons (Fsp3) is 0.308. The van der Waals surface area contributed by atoms with Crippen molar-refractivity contribution in [2.45, 2.75) is 19.4 Å². The lowest BCUT2D eigenvalue weighted by Gasteiger charge is -2.06. The van der Waals surface area contributed by atoms with E-state index in [0.29, 0.717) is 12.5 Å². The quantitative estimate of drug-likeness (QED) is 0.762. The fourth-order valence-electron chi connectivity index (χ4n) is 1.56. The smallest absolute Gasteiger partial charge is 0.124 e. The Hall–Kier alpha value is -0.900. The van der Waals surface area contributed by atoms with Gasteiger partial charge in [0.2, 0.25) is 0 Å². The number of thiazole rings is 1. The Balaban J connectivity index is 2.30. The van der Waals surface area contributed by atoms with Gasteiger partial charge in [0.25, 0.3) is 0 Å². The van der Waals surface area contributed by atoms with Crippen LogP contribution in [0.15, 0.2) is 29.6 Å². The van der Waals surface area contributed by atoms with Crippen LogP contribution in [0.5, 0.6) is 0 Å². The summed E-state index contributed by atoms with van der Waals surface area (Å²) in [7, 11) is 0. The first-order valence-corrected chi connectivity index (χ1v) is 6.93. The van der Waals surface area contributed by atoms with Crippen molar-refractivity contribution in [3.63, 3.8) is 0 Å². The van der Waals surface area contributed by atoms with E-state index in [2.05, 4.69) is 17.1 Å². The summed E-state index contributed by atoms with van der Waals surface area (Å²) >= 11 is 7.39. The molecule has 2 rings (SSSR count). The zero-order valence-corrected chi connectivity index (χ0v) is 11.2. The first kappa shape index (κ1) is 12.6. The molecule has 0 aliphatic rings. The van der Waals surface area contributed by atoms with E-state index < -0.39 is 0 Å². The van der Waals surface area contributed by atoms with Gasteiger partial charge in [-0.25, -0.2) is 4.98 Å². The molecule has 4 heteroatoms. The maximum absolute atomic E-state index is 5.77. The minimum Gasteiger partial charge on any atom is -0.377 e. The van der Waals surface area contributed by atoms with Crippen molar-refractivity contribution in [3.05, 3.63) is 40.9 Å². The molecule has 1 aromatic heterocycles. The molecular formula is C13H14ClNOS. The summed E-state index contributed by atoms with van der Waals surface area (Å²) in [5.74, 6) is 0.462. The summed E-state index contributed by atoms with van der Waals surface area (Å²) in [6.45, 7) is 3.35. The van der Waals surface area contributed by atoms with Crippen molar-refractivity contribution < 1.29 is 4.74 Å². The first-order chi connectivity index (χ1) is 8.35. The molecule has 0 radical (unpaired) electrons. The van der Waals surface area contributed by atoms with Crippen LogP contribution in [-0.4, -0.2) is 11.6 Å². The molecule has 0 N–H and O–H groups in total. The van der Waals surface area contributed by atoms with Crippen molar-refractivity contribution in [2.24, 2.45) is 0 Å². The van der Waals surface area contributed by atoms with Crippen molar-refractivity contribution in [3.8, 4) is 10.6 Å². The molecule has 90 valence electrons. The number of aromatic nitrogens is 1. The molecule has 0 saturated heterocycles. The number of alkyl halides is 1. The summed E-state index contributed by atoms with van der Waals surface area (Å²) in [6, 6.07) is 8.19. The van der Waals surface area contributed by atoms with Crippen LogP contribution in [-0.2, 0) is 17.2 Å². The molecule has 1 heterocycles. The van der Waals surface area contributed by atoms with E-state index >= 15 is 0 Å². The maximum Gasteiger partial charge on any atom is 0.124 e. The molecule has 0 unspecified atom stereocenters. The lowest BCUT2D eigenvalue weighted by molar-refractivity contribution is 0.134. The van der Waals surface area contributed by atoms with Crippen LogP contribution in [0.4, 0.5) is 0 Å². The van der Waals surface area contributed by atoms with Gasteiger partial charge in [-0.15, -0.1) is 22.9 Å². The summed E-state index contributed by atoms with van der Waals surface area (Å²) < 4.78 is 5.47. The standard InChI is InChI=1S/C13H14ClNOS/c1-2-16-8-10-5-3-4-6-12(10)13-15-11(7-14)9-17-13/h3-6,9H,2,7-8H2,1H3. The lowest BCUT2D eigenvalue weighted by atomic mass is 10.1. The molecule has 0 amide bonds. The molecule has 2 aromatic rings. The highest BCUT2D eigenvalue weighted by Gasteiger charge is 2.08. The van der Waals surface area contributed by atoms with E-state index in [9.17, 15) is 0 Å². The van der Waals surface area contributed by atoms with Gasteiger partial charge >= 0.3 is 0 Å². The topological polar surface area (TPSA) is 22.1 Å². The molecule has 0 fully saturated rings. The second kappa shape index (κ2) is 6.15. The third kappa shape index (κ3) is 3.06. The van der Waals surface area contributed by atoms with Gasteiger partial charge in [-0.3, -0.25) is 0 Å². The van der Waals surface area contributed by atoms with Gasteiger partial charge in [0, 0.05) is 17.6 Å². The number of hydrogen-bond donors (Lipinski definition) is 0. The average molecular weight is 268 g/mol. The van der Waals surface area contributed by atoms with E-state index in [4.69, 9.17) is 16.3 Å².